The van der Waals surface area contributed by atoms with Gasteiger partial charge in [-0.2, -0.15) is 11.8 Å². The van der Waals surface area contributed by atoms with Crippen LogP contribution < -0.4 is 48.1 Å². The normalized spacial score (nSPS) is 15.0. The molecule has 3 heterocycles. The average molecular weight is 1390 g/mol. The first-order valence-corrected chi connectivity index (χ1v) is 34.1. The van der Waals surface area contributed by atoms with Crippen LogP contribution in [0, 0.1) is 0 Å². The van der Waals surface area contributed by atoms with Crippen LogP contribution in [-0.2, 0) is 69.4 Å². The third kappa shape index (κ3) is 21.0. The highest BCUT2D eigenvalue weighted by molar-refractivity contribution is 7.98. The number of methoxy groups -OCH3 is 1. The standard InChI is InChI=1S/C69H92N14O15S/c1-42(70)64(91)78-63(43(2)84)67(94)76-53(26-33-99-8)65(92)77-54(34-44-37-72-52-19-12-10-16-47(44)52)66(93)75-46-21-23-51-56(36-46)97-55-35-45(20-22-50(55)69(51)49-18-11-9-17-48(49)68(95)98-69)74-59(87)25-24-58(86)73-38-60(88)82(30-14-28-80(5)6)40-62(90)83(31-15-32-96-7)41-61(89)81(39-57(71)85)29-13-27-79(3)4/h9-12,16-23,35-37,42-43,53-54,63,72,84H,13-15,24-34,38-41,70H2,1-8H3,(H2,71,85)(H,73,86)(H,74,87)(H,75,93)(H,76,94)(H,77,92)(H,78,91)/t42-,43?,53-,54-,63-,69?/m0/s1. The second kappa shape index (κ2) is 36.4. The molecular weight excluding hydrogens is 1300 g/mol. The Labute approximate surface area is 579 Å². The van der Waals surface area contributed by atoms with Gasteiger partial charge in [-0.1, -0.05) is 36.4 Å². The van der Waals surface area contributed by atoms with E-state index in [4.69, 9.17) is 25.7 Å². The number of carbonyl (C=O) groups is 11. The molecule has 0 radical (unpaired) electrons. The predicted octanol–water partition coefficient (Wildman–Crippen LogP) is 1.60. The van der Waals surface area contributed by atoms with Gasteiger partial charge in [-0.3, -0.25) is 47.9 Å². The fraction of sp³-hybridized carbons (Fsp3) is 0.464. The number of carbonyl (C=O) groups excluding carboxylic acids is 11. The van der Waals surface area contributed by atoms with Crippen molar-refractivity contribution in [3.8, 4) is 11.5 Å². The molecule has 99 heavy (non-hydrogen) atoms. The number of thioether (sulfide) groups is 1. The Bertz CT molecular complexity index is 3730. The molecule has 4 aromatic carbocycles. The molecule has 7 rings (SSSR count). The molecule has 1 aromatic heterocycles. The number of rotatable bonds is 38. The summed E-state index contributed by atoms with van der Waals surface area (Å²) in [5.41, 5.74) is 13.1. The molecule has 2 aliphatic heterocycles. The Hall–Kier alpha value is -9.46. The summed E-state index contributed by atoms with van der Waals surface area (Å²) in [6.45, 7) is 3.05. The van der Waals surface area contributed by atoms with Gasteiger partial charge in [0.05, 0.1) is 43.9 Å². The Kier molecular flexibility index (Phi) is 28.3. The van der Waals surface area contributed by atoms with E-state index in [0.29, 0.717) is 60.4 Å². The lowest BCUT2D eigenvalue weighted by Crippen LogP contribution is -2.60. The molecule has 534 valence electrons. The molecule has 0 bridgehead atoms. The van der Waals surface area contributed by atoms with Crippen LogP contribution in [0.4, 0.5) is 11.4 Å². The van der Waals surface area contributed by atoms with Gasteiger partial charge >= 0.3 is 5.97 Å². The number of primary amides is 1. The minimum Gasteiger partial charge on any atom is -0.456 e. The van der Waals surface area contributed by atoms with Gasteiger partial charge in [0.2, 0.25) is 59.1 Å². The molecule has 29 nitrogen and oxygen atoms in total. The minimum atomic E-state index is -1.59. The number of aromatic nitrogens is 1. The van der Waals surface area contributed by atoms with Gasteiger partial charge < -0.3 is 92.2 Å². The molecule has 0 aliphatic carbocycles. The SMILES string of the molecule is COCCCN(CC(=O)N(CCCN(C)C)CC(N)=O)C(=O)CN(CCCN(C)C)C(=O)CNC(=O)CCC(=O)Nc1ccc2c(c1)Oc1cc(NC(=O)[C@H](Cc3c[nH]c4ccccc34)NC(=O)[C@H](CCSC)NC(=O)[C@@H](NC(=O)[C@H](C)N)C(C)O)ccc1C21OC(=O)c2ccccc21. The van der Waals surface area contributed by atoms with Crippen molar-refractivity contribution in [3.05, 3.63) is 119 Å². The van der Waals surface area contributed by atoms with Crippen LogP contribution in [-0.4, -0.2) is 243 Å². The number of esters is 1. The number of nitrogens with zero attached hydrogens (tertiary/aromatic N) is 5. The summed E-state index contributed by atoms with van der Waals surface area (Å²) < 4.78 is 18.2. The van der Waals surface area contributed by atoms with Crippen molar-refractivity contribution in [3.63, 3.8) is 0 Å². The molecule has 6 atom stereocenters. The number of fused-ring (bicyclic) bond motifs is 7. The Morgan fingerprint density at radius 1 is 0.657 bits per heavy atom. The zero-order chi connectivity index (χ0) is 72.1. The van der Waals surface area contributed by atoms with E-state index in [-0.39, 0.29) is 93.5 Å². The smallest absolute Gasteiger partial charge is 0.340 e. The summed E-state index contributed by atoms with van der Waals surface area (Å²) in [6.07, 6.45) is 2.97. The summed E-state index contributed by atoms with van der Waals surface area (Å²) in [4.78, 5) is 161. The zero-order valence-corrected chi connectivity index (χ0v) is 58.1. The number of anilines is 2. The van der Waals surface area contributed by atoms with Gasteiger partial charge in [0, 0.05) is 110 Å². The number of aliphatic hydroxyl groups excluding tert-OH is 1. The maximum absolute atomic E-state index is 14.8. The molecule has 30 heteroatoms. The van der Waals surface area contributed by atoms with Crippen molar-refractivity contribution in [2.24, 2.45) is 11.5 Å². The Morgan fingerprint density at radius 2 is 1.23 bits per heavy atom. The van der Waals surface area contributed by atoms with E-state index in [1.54, 1.807) is 54.7 Å². The van der Waals surface area contributed by atoms with Crippen LogP contribution in [0.25, 0.3) is 10.9 Å². The zero-order valence-electron chi connectivity index (χ0n) is 57.2. The Balaban J connectivity index is 1.06. The molecule has 0 saturated carbocycles. The largest absolute Gasteiger partial charge is 0.456 e. The second-order valence-electron chi connectivity index (χ2n) is 25.0. The third-order valence-electron chi connectivity index (χ3n) is 16.6. The maximum atomic E-state index is 14.8. The number of para-hydroxylation sites is 1. The number of nitrogens with two attached hydrogens (primary N) is 2. The number of nitrogens with one attached hydrogen (secondary N) is 7. The van der Waals surface area contributed by atoms with Crippen LogP contribution in [0.1, 0.15) is 85.0 Å². The van der Waals surface area contributed by atoms with Gasteiger partial charge in [0.15, 0.2) is 5.60 Å². The molecule has 10 amide bonds. The van der Waals surface area contributed by atoms with Crippen LogP contribution in [0.3, 0.4) is 0 Å². The number of ether oxygens (including phenoxy) is 3. The molecule has 1 spiro atoms. The lowest BCUT2D eigenvalue weighted by atomic mass is 9.77. The first-order chi connectivity index (χ1) is 47.2. The van der Waals surface area contributed by atoms with Crippen molar-refractivity contribution in [2.75, 3.05) is 123 Å². The molecule has 2 aliphatic rings. The van der Waals surface area contributed by atoms with E-state index in [2.05, 4.69) is 36.9 Å². The first-order valence-electron chi connectivity index (χ1n) is 32.7. The number of hydrogen-bond acceptors (Lipinski definition) is 19. The number of amides is 10. The molecule has 0 fully saturated rings. The number of aromatic amines is 1. The monoisotopic (exact) mass is 1390 g/mol. The lowest BCUT2D eigenvalue weighted by Gasteiger charge is -2.37. The summed E-state index contributed by atoms with van der Waals surface area (Å²) in [5, 5.41) is 27.5. The summed E-state index contributed by atoms with van der Waals surface area (Å²) in [6, 6.07) is 18.8. The van der Waals surface area contributed by atoms with Crippen LogP contribution in [0.5, 0.6) is 11.5 Å². The predicted molar refractivity (Wildman–Crippen MR) is 372 cm³/mol. The highest BCUT2D eigenvalue weighted by Gasteiger charge is 2.53. The van der Waals surface area contributed by atoms with Gasteiger partial charge in [-0.05, 0) is 135 Å². The number of aliphatic hydroxyl groups is 1. The molecular formula is C69H92N14O15S. The summed E-state index contributed by atoms with van der Waals surface area (Å²) in [5.74, 6) is -6.40. The van der Waals surface area contributed by atoms with E-state index in [1.807, 2.05) is 68.5 Å². The number of benzene rings is 4. The lowest BCUT2D eigenvalue weighted by molar-refractivity contribution is -0.145. The van der Waals surface area contributed by atoms with Crippen LogP contribution in [0.2, 0.25) is 0 Å². The molecule has 2 unspecified atom stereocenters. The fourth-order valence-corrected chi connectivity index (χ4v) is 12.0. The molecule has 0 saturated heterocycles. The van der Waals surface area contributed by atoms with Crippen LogP contribution >= 0.6 is 11.8 Å². The average Bonchev–Trinajstić information content (AvgIpc) is 1.60. The topological polar surface area (TPSA) is 392 Å². The number of H-pyrrole nitrogens is 1. The van der Waals surface area contributed by atoms with Gasteiger partial charge in [-0.15, -0.1) is 0 Å². The minimum absolute atomic E-state index is 0.0303. The van der Waals surface area contributed by atoms with Crippen LogP contribution in [0.15, 0.2) is 91.1 Å². The fourth-order valence-electron chi connectivity index (χ4n) is 11.5. The van der Waals surface area contributed by atoms with Crippen molar-refractivity contribution < 1.29 is 72.1 Å². The van der Waals surface area contributed by atoms with E-state index in [0.717, 1.165) is 10.9 Å². The quantitative estimate of drug-likeness (QED) is 0.0198. The molecule has 5 aromatic rings. The van der Waals surface area contributed by atoms with Crippen molar-refractivity contribution in [2.45, 2.75) is 94.7 Å². The summed E-state index contributed by atoms with van der Waals surface area (Å²) in [7, 11) is 8.98. The van der Waals surface area contributed by atoms with Gasteiger partial charge in [0.1, 0.15) is 29.6 Å². The van der Waals surface area contributed by atoms with Gasteiger partial charge in [0.25, 0.3) is 0 Å². The second-order valence-corrected chi connectivity index (χ2v) is 26.0. The number of hydrogen-bond donors (Lipinski definition) is 10. The van der Waals surface area contributed by atoms with Crippen molar-refractivity contribution in [1.29, 1.82) is 0 Å². The van der Waals surface area contributed by atoms with Crippen molar-refractivity contribution in [1.82, 2.24) is 50.8 Å². The molecule has 12 N–H and O–H groups in total. The van der Waals surface area contributed by atoms with Gasteiger partial charge in [-0.25, -0.2) is 4.79 Å². The highest BCUT2D eigenvalue weighted by atomic mass is 32.2. The van der Waals surface area contributed by atoms with Crippen molar-refractivity contribution >= 4 is 99.1 Å². The highest BCUT2D eigenvalue weighted by Crippen LogP contribution is 2.57. The summed E-state index contributed by atoms with van der Waals surface area (Å²) >= 11 is 1.41. The first kappa shape index (κ1) is 76.9. The maximum Gasteiger partial charge on any atom is 0.340 e. The van der Waals surface area contributed by atoms with E-state index in [9.17, 15) is 57.8 Å². The third-order valence-corrected chi connectivity index (χ3v) is 17.3. The van der Waals surface area contributed by atoms with E-state index in [1.165, 1.54) is 59.6 Å². The van der Waals surface area contributed by atoms with E-state index >= 15 is 0 Å². The van der Waals surface area contributed by atoms with E-state index < -0.39 is 114 Å². The Morgan fingerprint density at radius 3 is 1.84 bits per heavy atom.